The molecule has 0 aliphatic rings. The van der Waals surface area contributed by atoms with Crippen LogP contribution in [0.1, 0.15) is 39.0 Å². The molecule has 0 spiro atoms. The molecule has 0 aromatic carbocycles. The van der Waals surface area contributed by atoms with Crippen molar-refractivity contribution in [1.29, 1.82) is 0 Å². The molecule has 6 nitrogen and oxygen atoms in total. The largest absolute Gasteiger partial charge is 0.480 e. The van der Waals surface area contributed by atoms with Gasteiger partial charge in [0.1, 0.15) is 6.04 Å². The highest BCUT2D eigenvalue weighted by Crippen LogP contribution is 2.36. The zero-order valence-corrected chi connectivity index (χ0v) is 18.3. The fourth-order valence-corrected chi connectivity index (χ4v) is 3.61. The molecule has 0 aromatic heterocycles. The first-order valence-corrected chi connectivity index (χ1v) is 11.4. The Hall–Kier alpha value is -1.02. The Labute approximate surface area is 181 Å². The first-order valence-electron chi connectivity index (χ1n) is 8.49. The number of alkyl halides is 12. The molecule has 20 heteroatoms. The van der Waals surface area contributed by atoms with Gasteiger partial charge in [-0.1, -0.05) is 26.2 Å². The predicted molar refractivity (Wildman–Crippen MR) is 90.6 cm³/mol. The highest BCUT2D eigenvalue weighted by atomic mass is 32.3. The van der Waals surface area contributed by atoms with E-state index in [1.54, 1.807) is 0 Å². The van der Waals surface area contributed by atoms with Gasteiger partial charge in [-0.3, -0.25) is 4.90 Å². The highest BCUT2D eigenvalue weighted by molar-refractivity contribution is 8.13. The maximum Gasteiger partial charge on any atom is 0.480 e. The first kappa shape index (κ1) is 34.1. The van der Waals surface area contributed by atoms with Crippen LogP contribution in [-0.4, -0.2) is 64.7 Å². The molecule has 0 saturated heterocycles. The molecule has 0 amide bonds. The Morgan fingerprint density at radius 1 is 0.727 bits per heavy atom. The summed E-state index contributed by atoms with van der Waals surface area (Å²) in [5.74, 6) is 0. The summed E-state index contributed by atoms with van der Waals surface area (Å²) in [5.41, 5.74) is -12.4. The second-order valence-corrected chi connectivity index (χ2v) is 9.76. The topological polar surface area (TPSA) is 85.6 Å². The van der Waals surface area contributed by atoms with Crippen LogP contribution in [0.25, 0.3) is 4.13 Å². The molecule has 202 valence electrons. The number of sulfonamides is 2. The second kappa shape index (κ2) is 12.1. The Morgan fingerprint density at radius 2 is 1.12 bits per heavy atom. The molecule has 0 bridgehead atoms. The van der Waals surface area contributed by atoms with Gasteiger partial charge in [0.25, 0.3) is 0 Å². The quantitative estimate of drug-likeness (QED) is 0.278. The standard InChI is InChI=1S/C11H19F6N.C2F6NO4S2/c1-3-4-5-6-7-18(2)9(11(15,16)17)8-10(12,13)14;3-1(4,5)14(10,11)9-15(12,13)2(6,7)8/h9H,3-8H2,1-2H3;/q;-1. The summed E-state index contributed by atoms with van der Waals surface area (Å²) in [6.45, 7) is 1.98. The minimum Gasteiger partial charge on any atom is -0.421 e. The monoisotopic (exact) mass is 559 g/mol. The minimum absolute atomic E-state index is 0.0280. The Balaban J connectivity index is 0. The molecule has 0 radical (unpaired) electrons. The molecule has 1 atom stereocenters. The van der Waals surface area contributed by atoms with Gasteiger partial charge in [-0.25, -0.2) is 16.8 Å². The van der Waals surface area contributed by atoms with Crippen molar-refractivity contribution in [2.75, 3.05) is 13.6 Å². The zero-order valence-electron chi connectivity index (χ0n) is 16.7. The fourth-order valence-electron chi connectivity index (χ4n) is 1.90. The smallest absolute Gasteiger partial charge is 0.421 e. The number of unbranched alkanes of at least 4 members (excludes halogenated alkanes) is 3. The molecule has 0 fully saturated rings. The third-order valence-corrected chi connectivity index (χ3v) is 6.22. The SMILES string of the molecule is CCCCCCN(C)C(CC(F)(F)F)C(F)(F)F.O=S(=O)([N-]S(=O)(=O)C(F)(F)F)C(F)(F)F. The van der Waals surface area contributed by atoms with Crippen LogP contribution in [0.2, 0.25) is 0 Å². The summed E-state index contributed by atoms with van der Waals surface area (Å²) in [4.78, 5) is 0.753. The van der Waals surface area contributed by atoms with Gasteiger partial charge in [0, 0.05) is 0 Å². The van der Waals surface area contributed by atoms with Gasteiger partial charge in [-0.2, -0.15) is 52.7 Å². The molecule has 0 aliphatic heterocycles. The van der Waals surface area contributed by atoms with E-state index >= 15 is 0 Å². The van der Waals surface area contributed by atoms with Crippen molar-refractivity contribution in [2.45, 2.75) is 68.4 Å². The molecule has 0 rings (SSSR count). The Morgan fingerprint density at radius 3 is 1.39 bits per heavy atom. The molecule has 0 heterocycles. The molecule has 0 N–H and O–H groups in total. The lowest BCUT2D eigenvalue weighted by Crippen LogP contribution is -2.46. The lowest BCUT2D eigenvalue weighted by molar-refractivity contribution is -0.222. The number of nitrogens with zero attached hydrogens (tertiary/aromatic N) is 2. The summed E-state index contributed by atoms with van der Waals surface area (Å²) in [6.07, 6.45) is -8.49. The van der Waals surface area contributed by atoms with Crippen molar-refractivity contribution in [3.05, 3.63) is 4.13 Å². The molecular weight excluding hydrogens is 540 g/mol. The van der Waals surface area contributed by atoms with Crippen molar-refractivity contribution in [1.82, 2.24) is 4.90 Å². The lowest BCUT2D eigenvalue weighted by atomic mass is 10.1. The van der Waals surface area contributed by atoms with Gasteiger partial charge in [0.15, 0.2) is 20.0 Å². The molecular formula is C13H19F12N2O4S2-. The van der Waals surface area contributed by atoms with Crippen LogP contribution < -0.4 is 0 Å². The molecule has 1 unspecified atom stereocenters. The van der Waals surface area contributed by atoms with Crippen molar-refractivity contribution in [3.63, 3.8) is 0 Å². The van der Waals surface area contributed by atoms with Gasteiger partial charge < -0.3 is 4.13 Å². The summed E-state index contributed by atoms with van der Waals surface area (Å²) in [6, 6.07) is -2.45. The van der Waals surface area contributed by atoms with E-state index in [1.165, 1.54) is 0 Å². The Kier molecular flexibility index (Phi) is 12.5. The normalized spacial score (nSPS) is 15.2. The van der Waals surface area contributed by atoms with Crippen LogP contribution in [0.3, 0.4) is 0 Å². The van der Waals surface area contributed by atoms with E-state index in [-0.39, 0.29) is 6.54 Å². The number of halogens is 12. The Bertz CT molecular complexity index is 744. The molecule has 0 saturated carbocycles. The number of rotatable bonds is 9. The van der Waals surface area contributed by atoms with E-state index in [4.69, 9.17) is 0 Å². The third-order valence-electron chi connectivity index (χ3n) is 3.48. The zero-order chi connectivity index (χ0) is 27.1. The van der Waals surface area contributed by atoms with Gasteiger partial charge in [0.2, 0.25) is 0 Å². The van der Waals surface area contributed by atoms with Gasteiger partial charge >= 0.3 is 23.4 Å². The third kappa shape index (κ3) is 13.5. The summed E-state index contributed by atoms with van der Waals surface area (Å²) >= 11 is 0. The maximum absolute atomic E-state index is 12.5. The van der Waals surface area contributed by atoms with Crippen LogP contribution in [-0.2, 0) is 20.0 Å². The first-order chi connectivity index (χ1) is 14.3. The van der Waals surface area contributed by atoms with Crippen LogP contribution in [0.5, 0.6) is 0 Å². The molecule has 0 aromatic rings. The number of hydrogen-bond donors (Lipinski definition) is 0. The van der Waals surface area contributed by atoms with Crippen molar-refractivity contribution >= 4 is 20.0 Å². The predicted octanol–water partition coefficient (Wildman–Crippen LogP) is 5.44. The highest BCUT2D eigenvalue weighted by Gasteiger charge is 2.48. The van der Waals surface area contributed by atoms with E-state index in [2.05, 4.69) is 0 Å². The van der Waals surface area contributed by atoms with E-state index in [0.29, 0.717) is 6.42 Å². The van der Waals surface area contributed by atoms with Gasteiger partial charge in [-0.15, -0.1) is 0 Å². The summed E-state index contributed by atoms with van der Waals surface area (Å²) in [7, 11) is -12.3. The molecule has 33 heavy (non-hydrogen) atoms. The van der Waals surface area contributed by atoms with Crippen molar-refractivity contribution in [3.8, 4) is 0 Å². The lowest BCUT2D eigenvalue weighted by Gasteiger charge is -2.30. The average Bonchev–Trinajstić information content (AvgIpc) is 2.52. The van der Waals surface area contributed by atoms with E-state index in [0.717, 1.165) is 35.3 Å². The van der Waals surface area contributed by atoms with Gasteiger partial charge in [0.05, 0.1) is 6.42 Å². The van der Waals surface area contributed by atoms with Crippen LogP contribution in [0, 0.1) is 0 Å². The maximum atomic E-state index is 12.5. The summed E-state index contributed by atoms with van der Waals surface area (Å²) in [5, 5.41) is 0. The summed E-state index contributed by atoms with van der Waals surface area (Å²) < 4.78 is 183. The van der Waals surface area contributed by atoms with Gasteiger partial charge in [-0.05, 0) is 20.0 Å². The van der Waals surface area contributed by atoms with E-state index in [1.807, 2.05) is 6.92 Å². The van der Waals surface area contributed by atoms with Crippen LogP contribution >= 0.6 is 0 Å². The fraction of sp³-hybridized carbons (Fsp3) is 1.00. The average molecular weight is 559 g/mol. The van der Waals surface area contributed by atoms with E-state index in [9.17, 15) is 69.5 Å². The second-order valence-electron chi connectivity index (χ2n) is 6.33. The van der Waals surface area contributed by atoms with E-state index < -0.39 is 55.9 Å². The van der Waals surface area contributed by atoms with Crippen molar-refractivity contribution in [2.24, 2.45) is 0 Å². The van der Waals surface area contributed by atoms with Crippen molar-refractivity contribution < 1.29 is 69.5 Å². The van der Waals surface area contributed by atoms with Crippen LogP contribution in [0.15, 0.2) is 0 Å². The minimum atomic E-state index is -6.72. The molecule has 0 aliphatic carbocycles. The number of hydrogen-bond acceptors (Lipinski definition) is 5. The van der Waals surface area contributed by atoms with Crippen LogP contribution in [0.4, 0.5) is 52.7 Å².